The van der Waals surface area contributed by atoms with Crippen molar-refractivity contribution >= 4 is 43.9 Å². The zero-order chi connectivity index (χ0) is 14.0. The van der Waals surface area contributed by atoms with E-state index in [0.717, 1.165) is 22.9 Å². The van der Waals surface area contributed by atoms with Crippen molar-refractivity contribution in [2.24, 2.45) is 0 Å². The predicted octanol–water partition coefficient (Wildman–Crippen LogP) is 1.50. The second-order valence-corrected chi connectivity index (χ2v) is 6.74. The van der Waals surface area contributed by atoms with E-state index in [1.54, 1.807) is 12.3 Å². The van der Waals surface area contributed by atoms with Gasteiger partial charge in [-0.2, -0.15) is 0 Å². The zero-order valence-electron chi connectivity index (χ0n) is 9.91. The molecule has 2 rings (SSSR count). The van der Waals surface area contributed by atoms with Gasteiger partial charge in [0.2, 0.25) is 0 Å². The molecule has 2 aromatic rings. The van der Waals surface area contributed by atoms with Crippen LogP contribution in [0.15, 0.2) is 16.5 Å². The van der Waals surface area contributed by atoms with Crippen LogP contribution < -0.4 is 4.72 Å². The van der Waals surface area contributed by atoms with Crippen molar-refractivity contribution in [3.8, 4) is 0 Å². The molecule has 0 aliphatic carbocycles. The van der Waals surface area contributed by atoms with E-state index in [0.29, 0.717) is 5.56 Å². The lowest BCUT2D eigenvalue weighted by Crippen LogP contribution is -2.16. The molecule has 0 aliphatic heterocycles. The number of carbonyl (C=O) groups is 1. The Morgan fingerprint density at radius 1 is 1.47 bits per heavy atom. The lowest BCUT2D eigenvalue weighted by Gasteiger charge is -2.06. The highest BCUT2D eigenvalue weighted by Crippen LogP contribution is 2.29. The van der Waals surface area contributed by atoms with Gasteiger partial charge in [0.1, 0.15) is 14.8 Å². The Morgan fingerprint density at radius 2 is 2.21 bits per heavy atom. The molecule has 0 bridgehead atoms. The SMILES string of the molecule is COC(=O)c1scc(C)c1S(=O)(=O)Nc1cnns1. The van der Waals surface area contributed by atoms with E-state index >= 15 is 0 Å². The fraction of sp³-hybridized carbons (Fsp3) is 0.222. The van der Waals surface area contributed by atoms with Crippen molar-refractivity contribution in [2.75, 3.05) is 11.8 Å². The van der Waals surface area contributed by atoms with Gasteiger partial charge in [0.25, 0.3) is 10.0 Å². The number of hydrogen-bond donors (Lipinski definition) is 1. The highest BCUT2D eigenvalue weighted by atomic mass is 32.2. The standard InChI is InChI=1S/C9H9N3O4S3/c1-5-4-17-7(9(13)16-2)8(5)19(14,15)11-6-3-10-12-18-6/h3-4,11H,1-2H3. The number of esters is 1. The Morgan fingerprint density at radius 3 is 2.79 bits per heavy atom. The van der Waals surface area contributed by atoms with Crippen LogP contribution in [0, 0.1) is 6.92 Å². The van der Waals surface area contributed by atoms with Crippen LogP contribution in [0.25, 0.3) is 0 Å². The number of carbonyl (C=O) groups excluding carboxylic acids is 1. The van der Waals surface area contributed by atoms with Gasteiger partial charge in [-0.05, 0) is 17.9 Å². The van der Waals surface area contributed by atoms with Gasteiger partial charge in [-0.3, -0.25) is 4.72 Å². The summed E-state index contributed by atoms with van der Waals surface area (Å²) in [5.41, 5.74) is 0.482. The van der Waals surface area contributed by atoms with Crippen LogP contribution in [-0.4, -0.2) is 31.1 Å². The monoisotopic (exact) mass is 319 g/mol. The maximum absolute atomic E-state index is 12.3. The van der Waals surface area contributed by atoms with Gasteiger partial charge >= 0.3 is 5.97 Å². The van der Waals surface area contributed by atoms with E-state index in [1.165, 1.54) is 13.3 Å². The molecule has 0 radical (unpaired) electrons. The van der Waals surface area contributed by atoms with Crippen LogP contribution in [0.2, 0.25) is 0 Å². The quantitative estimate of drug-likeness (QED) is 0.857. The van der Waals surface area contributed by atoms with Crippen LogP contribution in [0.3, 0.4) is 0 Å². The first-order valence-corrected chi connectivity index (χ1v) is 8.06. The van der Waals surface area contributed by atoms with Crippen molar-refractivity contribution in [1.82, 2.24) is 9.59 Å². The molecule has 1 N–H and O–H groups in total. The summed E-state index contributed by atoms with van der Waals surface area (Å²) in [5, 5.41) is 5.40. The Labute approximate surface area is 117 Å². The molecule has 0 aromatic carbocycles. The number of methoxy groups -OCH3 is 1. The zero-order valence-corrected chi connectivity index (χ0v) is 12.4. The molecule has 0 fully saturated rings. The summed E-state index contributed by atoms with van der Waals surface area (Å²) in [6.07, 6.45) is 1.29. The maximum Gasteiger partial charge on any atom is 0.349 e. The minimum absolute atomic E-state index is 0.0463. The molecule has 0 atom stereocenters. The highest BCUT2D eigenvalue weighted by Gasteiger charge is 2.28. The molecule has 2 aromatic heterocycles. The molecule has 19 heavy (non-hydrogen) atoms. The van der Waals surface area contributed by atoms with E-state index in [-0.39, 0.29) is 14.8 Å². The Bertz CT molecular complexity index is 690. The minimum atomic E-state index is -3.87. The van der Waals surface area contributed by atoms with Crippen LogP contribution >= 0.6 is 22.9 Å². The van der Waals surface area contributed by atoms with Gasteiger partial charge in [-0.15, -0.1) is 16.4 Å². The number of anilines is 1. The summed E-state index contributed by atoms with van der Waals surface area (Å²) in [6.45, 7) is 1.61. The molecule has 0 spiro atoms. The smallest absolute Gasteiger partial charge is 0.349 e. The van der Waals surface area contributed by atoms with Crippen molar-refractivity contribution < 1.29 is 17.9 Å². The predicted molar refractivity (Wildman–Crippen MR) is 71.1 cm³/mol. The molecular formula is C9H9N3O4S3. The first kappa shape index (κ1) is 13.9. The van der Waals surface area contributed by atoms with Gasteiger partial charge in [-0.25, -0.2) is 13.2 Å². The number of rotatable bonds is 4. The van der Waals surface area contributed by atoms with E-state index in [4.69, 9.17) is 0 Å². The fourth-order valence-electron chi connectivity index (χ4n) is 1.40. The van der Waals surface area contributed by atoms with Crippen LogP contribution in [0.5, 0.6) is 0 Å². The largest absolute Gasteiger partial charge is 0.465 e. The van der Waals surface area contributed by atoms with Crippen molar-refractivity contribution in [2.45, 2.75) is 11.8 Å². The molecular weight excluding hydrogens is 310 g/mol. The topological polar surface area (TPSA) is 98.2 Å². The minimum Gasteiger partial charge on any atom is -0.465 e. The molecule has 10 heteroatoms. The van der Waals surface area contributed by atoms with Crippen LogP contribution in [-0.2, 0) is 14.8 Å². The van der Waals surface area contributed by atoms with Gasteiger partial charge < -0.3 is 4.74 Å². The Balaban J connectivity index is 2.46. The number of aryl methyl sites for hydroxylation is 1. The third-order valence-corrected chi connectivity index (χ3v) is 5.62. The molecule has 2 heterocycles. The van der Waals surface area contributed by atoms with Gasteiger partial charge in [0.05, 0.1) is 13.3 Å². The molecule has 0 saturated heterocycles. The van der Waals surface area contributed by atoms with E-state index < -0.39 is 16.0 Å². The van der Waals surface area contributed by atoms with E-state index in [1.807, 2.05) is 0 Å². The normalized spacial score (nSPS) is 11.3. The number of aromatic nitrogens is 2. The number of hydrogen-bond acceptors (Lipinski definition) is 8. The number of nitrogens with one attached hydrogen (secondary N) is 1. The van der Waals surface area contributed by atoms with Crippen molar-refractivity contribution in [3.05, 3.63) is 22.0 Å². The lowest BCUT2D eigenvalue weighted by molar-refractivity contribution is 0.0602. The maximum atomic E-state index is 12.3. The molecule has 7 nitrogen and oxygen atoms in total. The van der Waals surface area contributed by atoms with Crippen LogP contribution in [0.4, 0.5) is 5.00 Å². The molecule has 102 valence electrons. The Hall–Kier alpha value is -1.52. The van der Waals surface area contributed by atoms with E-state index in [9.17, 15) is 13.2 Å². The van der Waals surface area contributed by atoms with Crippen molar-refractivity contribution in [3.63, 3.8) is 0 Å². The number of ether oxygens (including phenoxy) is 1. The molecule has 0 amide bonds. The summed E-state index contributed by atoms with van der Waals surface area (Å²) in [5.74, 6) is -0.680. The molecule has 0 saturated carbocycles. The van der Waals surface area contributed by atoms with Crippen LogP contribution in [0.1, 0.15) is 15.2 Å². The first-order valence-electron chi connectivity index (χ1n) is 4.92. The van der Waals surface area contributed by atoms with Gasteiger partial charge in [0.15, 0.2) is 0 Å². The third kappa shape index (κ3) is 2.74. The molecule has 0 aliphatic rings. The average molecular weight is 319 g/mol. The number of sulfonamides is 1. The van der Waals surface area contributed by atoms with Gasteiger partial charge in [0, 0.05) is 11.5 Å². The highest BCUT2D eigenvalue weighted by molar-refractivity contribution is 7.93. The summed E-state index contributed by atoms with van der Waals surface area (Å²) >= 11 is 1.94. The summed E-state index contributed by atoms with van der Waals surface area (Å²) in [6, 6.07) is 0. The molecule has 0 unspecified atom stereocenters. The van der Waals surface area contributed by atoms with E-state index in [2.05, 4.69) is 19.0 Å². The second-order valence-electron chi connectivity index (χ2n) is 3.46. The Kier molecular flexibility index (Phi) is 3.83. The summed E-state index contributed by atoms with van der Waals surface area (Å²) < 4.78 is 35.0. The summed E-state index contributed by atoms with van der Waals surface area (Å²) in [4.78, 5) is 11.5. The third-order valence-electron chi connectivity index (χ3n) is 2.15. The fourth-order valence-corrected chi connectivity index (χ4v) is 4.79. The second kappa shape index (κ2) is 5.23. The lowest BCUT2D eigenvalue weighted by atomic mass is 10.3. The average Bonchev–Trinajstić information content (AvgIpc) is 2.97. The van der Waals surface area contributed by atoms with Crippen molar-refractivity contribution in [1.29, 1.82) is 0 Å². The first-order chi connectivity index (χ1) is 8.95. The number of nitrogens with zero attached hydrogens (tertiary/aromatic N) is 2. The van der Waals surface area contributed by atoms with Gasteiger partial charge in [-0.1, -0.05) is 4.49 Å². The summed E-state index contributed by atoms with van der Waals surface area (Å²) in [7, 11) is -2.66. The number of thiophene rings is 1.